The molecule has 0 atom stereocenters. The number of benzene rings is 1. The van der Waals surface area contributed by atoms with E-state index in [0.717, 1.165) is 18.2 Å². The van der Waals surface area contributed by atoms with Crippen molar-refractivity contribution < 1.29 is 27.8 Å². The van der Waals surface area contributed by atoms with E-state index in [9.17, 15) is 18.4 Å². The van der Waals surface area contributed by atoms with Gasteiger partial charge in [0.15, 0.2) is 11.6 Å². The van der Waals surface area contributed by atoms with Gasteiger partial charge >= 0.3 is 11.9 Å². The lowest BCUT2D eigenvalue weighted by Gasteiger charge is -2.29. The molecule has 0 radical (unpaired) electrons. The second kappa shape index (κ2) is 4.86. The monoisotopic (exact) mass is 302 g/mol. The lowest BCUT2D eigenvalue weighted by molar-refractivity contribution is -0.222. The van der Waals surface area contributed by atoms with Gasteiger partial charge in [-0.25, -0.2) is 18.4 Å². The van der Waals surface area contributed by atoms with Crippen LogP contribution in [0.3, 0.4) is 0 Å². The topological polar surface area (TPSA) is 52.6 Å². The van der Waals surface area contributed by atoms with Crippen LogP contribution in [-0.4, -0.2) is 17.7 Å². The van der Waals surface area contributed by atoms with Crippen molar-refractivity contribution in [3.8, 4) is 0 Å². The molecule has 4 nitrogen and oxygen atoms in total. The number of halogens is 3. The Morgan fingerprint density at radius 2 is 1.70 bits per heavy atom. The maximum atomic E-state index is 13.2. The Balaban J connectivity index is 2.41. The van der Waals surface area contributed by atoms with E-state index in [1.54, 1.807) is 0 Å². The molecule has 0 N–H and O–H groups in total. The van der Waals surface area contributed by atoms with Crippen LogP contribution in [0, 0.1) is 11.6 Å². The van der Waals surface area contributed by atoms with E-state index >= 15 is 0 Å². The van der Waals surface area contributed by atoms with Crippen LogP contribution in [0.2, 0.25) is 5.02 Å². The fourth-order valence-corrected chi connectivity index (χ4v) is 1.82. The standard InChI is InChI=1S/C13H9ClF2O4/c1-13(2)19-11(17)7(12(18)20-13)3-6-4-8(14)10(16)9(15)5-6/h3-5H,1-2H3. The first-order chi connectivity index (χ1) is 9.19. The molecular formula is C13H9ClF2O4. The van der Waals surface area contributed by atoms with Crippen LogP contribution in [-0.2, 0) is 19.1 Å². The zero-order valence-electron chi connectivity index (χ0n) is 10.5. The number of cyclic esters (lactones) is 2. The van der Waals surface area contributed by atoms with Gasteiger partial charge < -0.3 is 9.47 Å². The average Bonchev–Trinajstić information content (AvgIpc) is 2.29. The van der Waals surface area contributed by atoms with Gasteiger partial charge in [-0.2, -0.15) is 0 Å². The average molecular weight is 303 g/mol. The van der Waals surface area contributed by atoms with Crippen molar-refractivity contribution >= 4 is 29.6 Å². The van der Waals surface area contributed by atoms with Gasteiger partial charge in [-0.3, -0.25) is 0 Å². The third kappa shape index (κ3) is 2.80. The minimum absolute atomic E-state index is 0.0394. The first-order valence-electron chi connectivity index (χ1n) is 5.52. The molecule has 1 aliphatic rings. The molecule has 0 bridgehead atoms. The maximum Gasteiger partial charge on any atom is 0.348 e. The van der Waals surface area contributed by atoms with Crippen molar-refractivity contribution in [3.63, 3.8) is 0 Å². The Morgan fingerprint density at radius 1 is 1.15 bits per heavy atom. The summed E-state index contributed by atoms with van der Waals surface area (Å²) in [6.45, 7) is 2.79. The zero-order valence-corrected chi connectivity index (χ0v) is 11.3. The molecule has 0 aliphatic carbocycles. The number of carbonyl (C=O) groups is 2. The smallest absolute Gasteiger partial charge is 0.348 e. The molecule has 1 aliphatic heterocycles. The number of hydrogen-bond acceptors (Lipinski definition) is 4. The summed E-state index contributed by atoms with van der Waals surface area (Å²) in [5.74, 6) is -5.58. The Morgan fingerprint density at radius 3 is 2.20 bits per heavy atom. The molecule has 106 valence electrons. The molecule has 0 spiro atoms. The minimum atomic E-state index is -1.36. The van der Waals surface area contributed by atoms with Crippen molar-refractivity contribution in [2.24, 2.45) is 0 Å². The maximum absolute atomic E-state index is 13.2. The van der Waals surface area contributed by atoms with Gasteiger partial charge in [0.25, 0.3) is 5.79 Å². The molecule has 2 rings (SSSR count). The Bertz CT molecular complexity index is 592. The predicted octanol–water partition coefficient (Wildman–Crippen LogP) is 2.84. The molecule has 0 aromatic heterocycles. The highest BCUT2D eigenvalue weighted by molar-refractivity contribution is 6.31. The van der Waals surface area contributed by atoms with Gasteiger partial charge in [0.1, 0.15) is 5.57 Å². The lowest BCUT2D eigenvalue weighted by atomic mass is 10.1. The van der Waals surface area contributed by atoms with Crippen molar-refractivity contribution in [1.82, 2.24) is 0 Å². The number of carbonyl (C=O) groups excluding carboxylic acids is 2. The van der Waals surface area contributed by atoms with Gasteiger partial charge in [0.05, 0.1) is 5.02 Å². The van der Waals surface area contributed by atoms with E-state index in [1.807, 2.05) is 0 Å². The van der Waals surface area contributed by atoms with Gasteiger partial charge in [0, 0.05) is 13.8 Å². The predicted molar refractivity (Wildman–Crippen MR) is 65.6 cm³/mol. The summed E-state index contributed by atoms with van der Waals surface area (Å²) in [6.07, 6.45) is 1.02. The van der Waals surface area contributed by atoms with Crippen LogP contribution < -0.4 is 0 Å². The molecule has 0 saturated carbocycles. The number of hydrogen-bond donors (Lipinski definition) is 0. The van der Waals surface area contributed by atoms with Crippen LogP contribution in [0.15, 0.2) is 17.7 Å². The molecular weight excluding hydrogens is 294 g/mol. The molecule has 1 fully saturated rings. The second-order valence-corrected chi connectivity index (χ2v) is 4.94. The zero-order chi connectivity index (χ0) is 15.1. The number of ether oxygens (including phenoxy) is 2. The van der Waals surface area contributed by atoms with Crippen LogP contribution in [0.5, 0.6) is 0 Å². The third-order valence-electron chi connectivity index (χ3n) is 2.43. The molecule has 1 aromatic rings. The van der Waals surface area contributed by atoms with Crippen molar-refractivity contribution in [2.45, 2.75) is 19.6 Å². The van der Waals surface area contributed by atoms with E-state index in [1.165, 1.54) is 13.8 Å². The molecule has 1 aromatic carbocycles. The first kappa shape index (κ1) is 14.5. The normalized spacial score (nSPS) is 17.6. The fraction of sp³-hybridized carbons (Fsp3) is 0.231. The van der Waals surface area contributed by atoms with Crippen LogP contribution >= 0.6 is 11.6 Å². The second-order valence-electron chi connectivity index (χ2n) is 4.54. The number of rotatable bonds is 1. The quantitative estimate of drug-likeness (QED) is 0.346. The third-order valence-corrected chi connectivity index (χ3v) is 2.71. The van der Waals surface area contributed by atoms with Gasteiger partial charge in [0.2, 0.25) is 0 Å². The van der Waals surface area contributed by atoms with Gasteiger partial charge in [-0.1, -0.05) is 11.6 Å². The summed E-state index contributed by atoms with van der Waals surface area (Å²) in [5, 5.41) is -0.463. The Kier molecular flexibility index (Phi) is 3.52. The summed E-state index contributed by atoms with van der Waals surface area (Å²) >= 11 is 5.48. The molecule has 7 heteroatoms. The summed E-state index contributed by atoms with van der Waals surface area (Å²) < 4.78 is 35.9. The molecule has 1 heterocycles. The highest BCUT2D eigenvalue weighted by atomic mass is 35.5. The highest BCUT2D eigenvalue weighted by Crippen LogP contribution is 2.26. The summed E-state index contributed by atoms with van der Waals surface area (Å²) in [4.78, 5) is 23.3. The van der Waals surface area contributed by atoms with Crippen molar-refractivity contribution in [2.75, 3.05) is 0 Å². The van der Waals surface area contributed by atoms with E-state index in [2.05, 4.69) is 0 Å². The van der Waals surface area contributed by atoms with Gasteiger partial charge in [-0.05, 0) is 23.8 Å². The van der Waals surface area contributed by atoms with Crippen LogP contribution in [0.4, 0.5) is 8.78 Å². The summed E-state index contributed by atoms with van der Waals surface area (Å²) in [7, 11) is 0. The van der Waals surface area contributed by atoms with Crippen LogP contribution in [0.1, 0.15) is 19.4 Å². The van der Waals surface area contributed by atoms with E-state index in [-0.39, 0.29) is 5.56 Å². The van der Waals surface area contributed by atoms with E-state index in [0.29, 0.717) is 0 Å². The lowest BCUT2D eigenvalue weighted by Crippen LogP contribution is -2.41. The molecule has 1 saturated heterocycles. The first-order valence-corrected chi connectivity index (χ1v) is 5.90. The summed E-state index contributed by atoms with van der Waals surface area (Å²) in [5.41, 5.74) is -0.385. The molecule has 0 amide bonds. The molecule has 20 heavy (non-hydrogen) atoms. The highest BCUT2D eigenvalue weighted by Gasteiger charge is 2.38. The Labute approximate surface area is 117 Å². The Hall–Kier alpha value is -1.95. The largest absolute Gasteiger partial charge is 0.419 e. The summed E-state index contributed by atoms with van der Waals surface area (Å²) in [6, 6.07) is 1.88. The fourth-order valence-electron chi connectivity index (χ4n) is 1.60. The van der Waals surface area contributed by atoms with Crippen molar-refractivity contribution in [1.29, 1.82) is 0 Å². The molecule has 0 unspecified atom stereocenters. The van der Waals surface area contributed by atoms with E-state index < -0.39 is 40.0 Å². The van der Waals surface area contributed by atoms with Gasteiger partial charge in [-0.15, -0.1) is 0 Å². The van der Waals surface area contributed by atoms with Crippen molar-refractivity contribution in [3.05, 3.63) is 39.9 Å². The minimum Gasteiger partial charge on any atom is -0.419 e. The van der Waals surface area contributed by atoms with Crippen LogP contribution in [0.25, 0.3) is 6.08 Å². The number of esters is 2. The SMILES string of the molecule is CC1(C)OC(=O)C(=Cc2cc(F)c(F)c(Cl)c2)C(=O)O1. The van der Waals surface area contributed by atoms with E-state index in [4.69, 9.17) is 21.1 Å².